The molecule has 0 aliphatic carbocycles. The van der Waals surface area contributed by atoms with Crippen LogP contribution in [0, 0.1) is 6.92 Å². The largest absolute Gasteiger partial charge is 0.380 e. The molecule has 0 amide bonds. The van der Waals surface area contributed by atoms with E-state index in [2.05, 4.69) is 26.7 Å². The van der Waals surface area contributed by atoms with Gasteiger partial charge < -0.3 is 15.4 Å². The fraction of sp³-hybridized carbons (Fsp3) is 0.714. The molecule has 1 aromatic rings. The first kappa shape index (κ1) is 15.0. The van der Waals surface area contributed by atoms with E-state index in [0.717, 1.165) is 50.9 Å². The van der Waals surface area contributed by atoms with Crippen LogP contribution in [0.1, 0.15) is 19.5 Å². The second kappa shape index (κ2) is 6.85. The Labute approximate surface area is 120 Å². The quantitative estimate of drug-likeness (QED) is 0.808. The first-order valence-corrected chi connectivity index (χ1v) is 7.28. The van der Waals surface area contributed by atoms with Gasteiger partial charge in [-0.05, 0) is 20.8 Å². The average Bonchev–Trinajstić information content (AvgIpc) is 2.39. The molecule has 1 aliphatic rings. The molecule has 1 aromatic heterocycles. The van der Waals surface area contributed by atoms with Crippen molar-refractivity contribution in [2.24, 2.45) is 0 Å². The van der Waals surface area contributed by atoms with E-state index in [1.54, 1.807) is 0 Å². The van der Waals surface area contributed by atoms with Crippen LogP contribution in [0.2, 0.25) is 0 Å². The van der Waals surface area contributed by atoms with Crippen molar-refractivity contribution in [1.82, 2.24) is 14.9 Å². The highest BCUT2D eigenvalue weighted by Gasteiger charge is 2.24. The van der Waals surface area contributed by atoms with Gasteiger partial charge in [-0.2, -0.15) is 4.98 Å². The van der Waals surface area contributed by atoms with E-state index in [4.69, 9.17) is 10.5 Å². The van der Waals surface area contributed by atoms with Crippen molar-refractivity contribution in [3.05, 3.63) is 11.8 Å². The highest BCUT2D eigenvalue weighted by Crippen LogP contribution is 2.18. The maximum Gasteiger partial charge on any atom is 0.222 e. The summed E-state index contributed by atoms with van der Waals surface area (Å²) in [5.74, 6) is 1.29. The smallest absolute Gasteiger partial charge is 0.222 e. The number of hydrogen-bond donors (Lipinski definition) is 1. The van der Waals surface area contributed by atoms with Crippen LogP contribution in [0.3, 0.4) is 0 Å². The Kier molecular flexibility index (Phi) is 5.14. The SMILES string of the molecule is CCOCCN1CCN(c2cc(C)nc(N)n2)C[C@@H]1C. The monoisotopic (exact) mass is 279 g/mol. The van der Waals surface area contributed by atoms with E-state index < -0.39 is 0 Å². The summed E-state index contributed by atoms with van der Waals surface area (Å²) in [5.41, 5.74) is 6.65. The summed E-state index contributed by atoms with van der Waals surface area (Å²) >= 11 is 0. The zero-order valence-corrected chi connectivity index (χ0v) is 12.7. The number of ether oxygens (including phenoxy) is 1. The minimum absolute atomic E-state index is 0.353. The normalized spacial score (nSPS) is 20.4. The van der Waals surface area contributed by atoms with Gasteiger partial charge in [0.25, 0.3) is 0 Å². The van der Waals surface area contributed by atoms with Crippen molar-refractivity contribution in [2.75, 3.05) is 50.0 Å². The number of nitrogens with two attached hydrogens (primary N) is 1. The molecule has 2 N–H and O–H groups in total. The predicted molar refractivity (Wildman–Crippen MR) is 80.9 cm³/mol. The fourth-order valence-electron chi connectivity index (χ4n) is 2.60. The van der Waals surface area contributed by atoms with Crippen molar-refractivity contribution in [3.8, 4) is 0 Å². The highest BCUT2D eigenvalue weighted by molar-refractivity contribution is 5.44. The van der Waals surface area contributed by atoms with Crippen LogP contribution in [-0.2, 0) is 4.74 Å². The fourth-order valence-corrected chi connectivity index (χ4v) is 2.60. The molecule has 6 heteroatoms. The van der Waals surface area contributed by atoms with Crippen LogP contribution in [0.25, 0.3) is 0 Å². The molecule has 1 fully saturated rings. The lowest BCUT2D eigenvalue weighted by atomic mass is 10.2. The number of aryl methyl sites for hydroxylation is 1. The van der Waals surface area contributed by atoms with Crippen molar-refractivity contribution >= 4 is 11.8 Å². The number of anilines is 2. The lowest BCUT2D eigenvalue weighted by molar-refractivity contribution is 0.0925. The number of nitrogens with zero attached hydrogens (tertiary/aromatic N) is 4. The van der Waals surface area contributed by atoms with E-state index in [9.17, 15) is 0 Å². The Morgan fingerprint density at radius 2 is 2.20 bits per heavy atom. The third-order valence-electron chi connectivity index (χ3n) is 3.67. The minimum Gasteiger partial charge on any atom is -0.380 e. The summed E-state index contributed by atoms with van der Waals surface area (Å²) in [7, 11) is 0. The Bertz CT molecular complexity index is 419. The van der Waals surface area contributed by atoms with Gasteiger partial charge in [0.1, 0.15) is 5.82 Å². The van der Waals surface area contributed by atoms with Crippen molar-refractivity contribution < 1.29 is 4.74 Å². The molecule has 0 aromatic carbocycles. The predicted octanol–water partition coefficient (Wildman–Crippen LogP) is 0.914. The summed E-state index contributed by atoms with van der Waals surface area (Å²) in [6, 6.07) is 2.49. The zero-order chi connectivity index (χ0) is 14.5. The number of aromatic nitrogens is 2. The molecule has 0 radical (unpaired) electrons. The van der Waals surface area contributed by atoms with Crippen molar-refractivity contribution in [1.29, 1.82) is 0 Å². The topological polar surface area (TPSA) is 67.5 Å². The third kappa shape index (κ3) is 3.80. The lowest BCUT2D eigenvalue weighted by Gasteiger charge is -2.40. The molecule has 1 atom stereocenters. The molecular formula is C14H25N5O. The summed E-state index contributed by atoms with van der Waals surface area (Å²) in [5, 5.41) is 0. The minimum atomic E-state index is 0.353. The second-order valence-electron chi connectivity index (χ2n) is 5.25. The molecule has 1 aliphatic heterocycles. The molecule has 0 bridgehead atoms. The number of rotatable bonds is 5. The van der Waals surface area contributed by atoms with E-state index in [-0.39, 0.29) is 0 Å². The lowest BCUT2D eigenvalue weighted by Crippen LogP contribution is -2.53. The van der Waals surface area contributed by atoms with Gasteiger partial charge in [-0.3, -0.25) is 4.90 Å². The molecule has 2 heterocycles. The molecule has 0 saturated carbocycles. The van der Waals surface area contributed by atoms with Crippen LogP contribution < -0.4 is 10.6 Å². The Morgan fingerprint density at radius 1 is 1.40 bits per heavy atom. The zero-order valence-electron chi connectivity index (χ0n) is 12.7. The Hall–Kier alpha value is -1.40. The number of piperazine rings is 1. The summed E-state index contributed by atoms with van der Waals surface area (Å²) in [6.07, 6.45) is 0. The first-order chi connectivity index (χ1) is 9.60. The van der Waals surface area contributed by atoms with Crippen LogP contribution in [0.5, 0.6) is 0 Å². The number of hydrogen-bond acceptors (Lipinski definition) is 6. The summed E-state index contributed by atoms with van der Waals surface area (Å²) < 4.78 is 5.44. The molecule has 6 nitrogen and oxygen atoms in total. The maximum absolute atomic E-state index is 5.73. The van der Waals surface area contributed by atoms with Gasteiger partial charge in [-0.1, -0.05) is 0 Å². The van der Waals surface area contributed by atoms with Gasteiger partial charge in [-0.25, -0.2) is 4.98 Å². The van der Waals surface area contributed by atoms with Gasteiger partial charge in [-0.15, -0.1) is 0 Å². The highest BCUT2D eigenvalue weighted by atomic mass is 16.5. The van der Waals surface area contributed by atoms with E-state index in [0.29, 0.717) is 12.0 Å². The van der Waals surface area contributed by atoms with Crippen molar-refractivity contribution in [2.45, 2.75) is 26.8 Å². The van der Waals surface area contributed by atoms with Gasteiger partial charge in [0.2, 0.25) is 5.95 Å². The van der Waals surface area contributed by atoms with E-state index >= 15 is 0 Å². The van der Waals surface area contributed by atoms with Crippen molar-refractivity contribution in [3.63, 3.8) is 0 Å². The molecule has 1 saturated heterocycles. The third-order valence-corrected chi connectivity index (χ3v) is 3.67. The summed E-state index contributed by atoms with van der Waals surface area (Å²) in [4.78, 5) is 13.2. The molecule has 20 heavy (non-hydrogen) atoms. The molecule has 0 spiro atoms. The molecule has 112 valence electrons. The first-order valence-electron chi connectivity index (χ1n) is 7.28. The molecule has 2 rings (SSSR count). The molecule has 0 unspecified atom stereocenters. The second-order valence-corrected chi connectivity index (χ2v) is 5.25. The van der Waals surface area contributed by atoms with Crippen LogP contribution >= 0.6 is 0 Å². The van der Waals surface area contributed by atoms with Crippen LogP contribution in [-0.4, -0.2) is 60.3 Å². The van der Waals surface area contributed by atoms with Crippen LogP contribution in [0.4, 0.5) is 11.8 Å². The van der Waals surface area contributed by atoms with E-state index in [1.807, 2.05) is 19.9 Å². The maximum atomic E-state index is 5.73. The van der Waals surface area contributed by atoms with Crippen LogP contribution in [0.15, 0.2) is 6.07 Å². The average molecular weight is 279 g/mol. The Morgan fingerprint density at radius 3 is 2.85 bits per heavy atom. The van der Waals surface area contributed by atoms with Gasteiger partial charge in [0.15, 0.2) is 0 Å². The van der Waals surface area contributed by atoms with Gasteiger partial charge >= 0.3 is 0 Å². The summed E-state index contributed by atoms with van der Waals surface area (Å²) in [6.45, 7) is 11.8. The standard InChI is InChI=1S/C14H25N5O/c1-4-20-8-7-18-5-6-19(10-12(18)3)13-9-11(2)16-14(15)17-13/h9,12H,4-8,10H2,1-3H3,(H2,15,16,17)/t12-/m0/s1. The Balaban J connectivity index is 1.94. The number of nitrogen functional groups attached to an aromatic ring is 1. The van der Waals surface area contributed by atoms with Gasteiger partial charge in [0.05, 0.1) is 6.61 Å². The van der Waals surface area contributed by atoms with E-state index in [1.165, 1.54) is 0 Å². The van der Waals surface area contributed by atoms with Gasteiger partial charge in [0, 0.05) is 50.6 Å². The molecular weight excluding hydrogens is 254 g/mol.